The number of fused-ring (bicyclic) bond motifs is 3. The predicted molar refractivity (Wildman–Crippen MR) is 120 cm³/mol. The normalized spacial score (nSPS) is 13.6. The summed E-state index contributed by atoms with van der Waals surface area (Å²) in [6, 6.07) is 21.7. The molecule has 5 nitrogen and oxygen atoms in total. The van der Waals surface area contributed by atoms with Gasteiger partial charge in [-0.2, -0.15) is 0 Å². The molecule has 3 aromatic carbocycles. The summed E-state index contributed by atoms with van der Waals surface area (Å²) in [5.41, 5.74) is 5.36. The second-order valence-electron chi connectivity index (χ2n) is 7.87. The van der Waals surface area contributed by atoms with Crippen molar-refractivity contribution < 1.29 is 13.9 Å². The third kappa shape index (κ3) is 3.80. The van der Waals surface area contributed by atoms with Gasteiger partial charge in [0, 0.05) is 24.5 Å². The maximum atomic E-state index is 12.4. The smallest absolute Gasteiger partial charge is 0.336 e. The molecule has 0 unspecified atom stereocenters. The Morgan fingerprint density at radius 1 is 1.00 bits per heavy atom. The topological polar surface area (TPSA) is 51.9 Å². The van der Waals surface area contributed by atoms with E-state index in [0.717, 1.165) is 45.7 Å². The fourth-order valence-electron chi connectivity index (χ4n) is 4.04. The van der Waals surface area contributed by atoms with Crippen LogP contribution < -0.4 is 15.1 Å². The highest BCUT2D eigenvalue weighted by molar-refractivity contribution is 5.95. The lowest BCUT2D eigenvalue weighted by molar-refractivity contribution is 0.0889. The van der Waals surface area contributed by atoms with Crippen molar-refractivity contribution >= 4 is 11.0 Å². The summed E-state index contributed by atoms with van der Waals surface area (Å²) in [5.74, 6) is 1.60. The first-order valence-corrected chi connectivity index (χ1v) is 10.3. The number of methoxy groups -OCH3 is 1. The summed E-state index contributed by atoms with van der Waals surface area (Å²) in [7, 11) is 1.66. The highest BCUT2D eigenvalue weighted by atomic mass is 16.5. The molecule has 0 aliphatic carbocycles. The second-order valence-corrected chi connectivity index (χ2v) is 7.87. The molecule has 0 saturated heterocycles. The van der Waals surface area contributed by atoms with Crippen LogP contribution in [0.1, 0.15) is 16.7 Å². The number of hydrogen-bond acceptors (Lipinski definition) is 5. The van der Waals surface area contributed by atoms with E-state index >= 15 is 0 Å². The van der Waals surface area contributed by atoms with Gasteiger partial charge in [-0.05, 0) is 47.9 Å². The van der Waals surface area contributed by atoms with Crippen molar-refractivity contribution in [1.29, 1.82) is 0 Å². The van der Waals surface area contributed by atoms with Crippen molar-refractivity contribution in [3.05, 3.63) is 93.8 Å². The first-order valence-electron chi connectivity index (χ1n) is 10.3. The molecule has 156 valence electrons. The van der Waals surface area contributed by atoms with Crippen LogP contribution in [0.5, 0.6) is 11.5 Å². The average Bonchev–Trinajstić information content (AvgIpc) is 2.79. The Hall–Kier alpha value is -3.57. The van der Waals surface area contributed by atoms with E-state index in [4.69, 9.17) is 13.9 Å². The molecular formula is C26H23NO4. The number of aryl methyl sites for hydroxylation is 1. The quantitative estimate of drug-likeness (QED) is 0.434. The van der Waals surface area contributed by atoms with Gasteiger partial charge >= 0.3 is 5.63 Å². The molecule has 0 fully saturated rings. The Balaban J connectivity index is 1.52. The first kappa shape index (κ1) is 19.4. The fraction of sp³-hybridized carbons (Fsp3) is 0.192. The summed E-state index contributed by atoms with van der Waals surface area (Å²) in [6.07, 6.45) is 0. The minimum atomic E-state index is -0.358. The van der Waals surface area contributed by atoms with Gasteiger partial charge in [-0.1, -0.05) is 42.0 Å². The summed E-state index contributed by atoms with van der Waals surface area (Å²) in [5, 5.41) is 0.914. The number of nitrogens with zero attached hydrogens (tertiary/aromatic N) is 1. The van der Waals surface area contributed by atoms with E-state index in [9.17, 15) is 4.79 Å². The Morgan fingerprint density at radius 2 is 1.77 bits per heavy atom. The minimum absolute atomic E-state index is 0.358. The molecule has 1 aliphatic heterocycles. The molecule has 0 saturated carbocycles. The molecule has 0 spiro atoms. The van der Waals surface area contributed by atoms with Gasteiger partial charge in [0.15, 0.2) is 0 Å². The molecule has 1 aliphatic rings. The lowest BCUT2D eigenvalue weighted by Gasteiger charge is -2.29. The number of rotatable bonds is 4. The van der Waals surface area contributed by atoms with Crippen LogP contribution in [-0.2, 0) is 13.1 Å². The monoisotopic (exact) mass is 413 g/mol. The summed E-state index contributed by atoms with van der Waals surface area (Å²) < 4.78 is 16.9. The van der Waals surface area contributed by atoms with Crippen molar-refractivity contribution in [3.63, 3.8) is 0 Å². The largest absolute Gasteiger partial charge is 0.497 e. The summed E-state index contributed by atoms with van der Waals surface area (Å²) in [4.78, 5) is 14.6. The zero-order valence-electron chi connectivity index (χ0n) is 17.6. The van der Waals surface area contributed by atoms with Gasteiger partial charge in [0.2, 0.25) is 0 Å². The Kier molecular flexibility index (Phi) is 4.96. The van der Waals surface area contributed by atoms with Crippen LogP contribution >= 0.6 is 0 Å². The molecule has 31 heavy (non-hydrogen) atoms. The Labute approximate surface area is 180 Å². The highest BCUT2D eigenvalue weighted by Crippen LogP contribution is 2.36. The van der Waals surface area contributed by atoms with Crippen molar-refractivity contribution in [3.8, 4) is 22.6 Å². The van der Waals surface area contributed by atoms with Gasteiger partial charge in [-0.25, -0.2) is 4.79 Å². The zero-order chi connectivity index (χ0) is 21.4. The second kappa shape index (κ2) is 7.93. The van der Waals surface area contributed by atoms with Crippen molar-refractivity contribution in [2.75, 3.05) is 13.8 Å². The van der Waals surface area contributed by atoms with Crippen LogP contribution in [0.4, 0.5) is 0 Å². The van der Waals surface area contributed by atoms with Crippen molar-refractivity contribution in [2.24, 2.45) is 0 Å². The van der Waals surface area contributed by atoms with Gasteiger partial charge in [0.05, 0.1) is 12.7 Å². The van der Waals surface area contributed by atoms with Gasteiger partial charge in [0.25, 0.3) is 0 Å². The molecule has 0 N–H and O–H groups in total. The standard InChI is InChI=1S/C26H23NO4/c1-17-3-7-19(8-4-17)22-13-25(28)31-26-21(22)11-12-24-23(26)15-27(16-30-24)14-18-5-9-20(29-2)10-6-18/h3-13H,14-16H2,1-2H3. The lowest BCUT2D eigenvalue weighted by Crippen LogP contribution is -2.31. The van der Waals surface area contributed by atoms with E-state index in [2.05, 4.69) is 4.90 Å². The van der Waals surface area contributed by atoms with Crippen LogP contribution in [0.25, 0.3) is 22.1 Å². The molecule has 4 aromatic rings. The van der Waals surface area contributed by atoms with Crippen LogP contribution in [0.3, 0.4) is 0 Å². The molecule has 1 aromatic heterocycles. The van der Waals surface area contributed by atoms with Crippen molar-refractivity contribution in [2.45, 2.75) is 20.0 Å². The molecule has 0 radical (unpaired) electrons. The van der Waals surface area contributed by atoms with Gasteiger partial charge < -0.3 is 13.9 Å². The van der Waals surface area contributed by atoms with Gasteiger partial charge in [0.1, 0.15) is 23.8 Å². The number of benzene rings is 3. The molecule has 0 bridgehead atoms. The fourth-order valence-corrected chi connectivity index (χ4v) is 4.04. The average molecular weight is 413 g/mol. The SMILES string of the molecule is COc1ccc(CN2COc3ccc4c(-c5ccc(C)cc5)cc(=O)oc4c3C2)cc1. The molecule has 0 amide bonds. The Morgan fingerprint density at radius 3 is 2.52 bits per heavy atom. The minimum Gasteiger partial charge on any atom is -0.497 e. The van der Waals surface area contributed by atoms with Gasteiger partial charge in [-0.3, -0.25) is 4.90 Å². The zero-order valence-corrected chi connectivity index (χ0v) is 17.6. The maximum Gasteiger partial charge on any atom is 0.336 e. The van der Waals surface area contributed by atoms with E-state index in [1.54, 1.807) is 13.2 Å². The van der Waals surface area contributed by atoms with E-state index in [0.29, 0.717) is 18.9 Å². The summed E-state index contributed by atoms with van der Waals surface area (Å²) >= 11 is 0. The van der Waals surface area contributed by atoms with E-state index in [-0.39, 0.29) is 5.63 Å². The Bertz CT molecular complexity index is 1290. The van der Waals surface area contributed by atoms with Crippen LogP contribution in [0.15, 0.2) is 75.9 Å². The van der Waals surface area contributed by atoms with Gasteiger partial charge in [-0.15, -0.1) is 0 Å². The van der Waals surface area contributed by atoms with Crippen LogP contribution in [-0.4, -0.2) is 18.7 Å². The predicted octanol–water partition coefficient (Wildman–Crippen LogP) is 5.13. The van der Waals surface area contributed by atoms with Crippen LogP contribution in [0.2, 0.25) is 0 Å². The van der Waals surface area contributed by atoms with Crippen molar-refractivity contribution in [1.82, 2.24) is 4.90 Å². The third-order valence-corrected chi connectivity index (χ3v) is 5.68. The maximum absolute atomic E-state index is 12.4. The van der Waals surface area contributed by atoms with E-state index < -0.39 is 0 Å². The lowest BCUT2D eigenvalue weighted by atomic mass is 9.98. The van der Waals surface area contributed by atoms with E-state index in [1.165, 1.54) is 5.56 Å². The molecule has 0 atom stereocenters. The van der Waals surface area contributed by atoms with Crippen LogP contribution in [0, 0.1) is 6.92 Å². The molecular weight excluding hydrogens is 390 g/mol. The first-order chi connectivity index (χ1) is 15.1. The third-order valence-electron chi connectivity index (χ3n) is 5.68. The number of ether oxygens (including phenoxy) is 2. The summed E-state index contributed by atoms with van der Waals surface area (Å²) in [6.45, 7) is 3.89. The van der Waals surface area contributed by atoms with E-state index in [1.807, 2.05) is 67.6 Å². The molecule has 5 heteroatoms. The number of hydrogen-bond donors (Lipinski definition) is 0. The highest BCUT2D eigenvalue weighted by Gasteiger charge is 2.23. The molecule has 5 rings (SSSR count). The molecule has 2 heterocycles.